The third kappa shape index (κ3) is 5.74. The molecule has 2 aliphatic rings. The summed E-state index contributed by atoms with van der Waals surface area (Å²) in [5, 5.41) is 0. The van der Waals surface area contributed by atoms with Gasteiger partial charge in [-0.05, 0) is 75.0 Å². The van der Waals surface area contributed by atoms with Crippen LogP contribution in [0.5, 0.6) is 5.75 Å². The molecule has 2 aromatic carbocycles. The van der Waals surface area contributed by atoms with E-state index >= 15 is 0 Å². The summed E-state index contributed by atoms with van der Waals surface area (Å²) in [6.45, 7) is 6.44. The van der Waals surface area contributed by atoms with Gasteiger partial charge in [-0.1, -0.05) is 31.1 Å². The molecule has 35 heavy (non-hydrogen) atoms. The summed E-state index contributed by atoms with van der Waals surface area (Å²) >= 11 is 0. The Morgan fingerprint density at radius 3 is 2.20 bits per heavy atom. The van der Waals surface area contributed by atoms with Gasteiger partial charge in [0.25, 0.3) is 0 Å². The molecule has 1 heterocycles. The average Bonchev–Trinajstić information content (AvgIpc) is 2.89. The molecule has 2 aromatic rings. The van der Waals surface area contributed by atoms with Gasteiger partial charge in [-0.15, -0.1) is 6.58 Å². The molecule has 1 saturated heterocycles. The number of rotatable bonds is 8. The molecular weight excluding hydrogens is 456 g/mol. The number of benzene rings is 2. The van der Waals surface area contributed by atoms with Crippen molar-refractivity contribution in [2.75, 3.05) is 13.2 Å². The molecule has 1 saturated carbocycles. The zero-order chi connectivity index (χ0) is 24.9. The van der Waals surface area contributed by atoms with Crippen molar-refractivity contribution in [1.29, 1.82) is 0 Å². The van der Waals surface area contributed by atoms with Crippen LogP contribution in [0.4, 0.5) is 17.6 Å². The molecule has 2 nitrogen and oxygen atoms in total. The van der Waals surface area contributed by atoms with Crippen LogP contribution < -0.4 is 4.74 Å². The van der Waals surface area contributed by atoms with Gasteiger partial charge in [-0.3, -0.25) is 0 Å². The summed E-state index contributed by atoms with van der Waals surface area (Å²) in [5.74, 6) is -3.33. The highest BCUT2D eigenvalue weighted by Crippen LogP contribution is 2.38. The van der Waals surface area contributed by atoms with Crippen molar-refractivity contribution in [2.24, 2.45) is 17.8 Å². The van der Waals surface area contributed by atoms with Gasteiger partial charge in [0.2, 0.25) is 5.82 Å². The van der Waals surface area contributed by atoms with E-state index in [9.17, 15) is 17.6 Å². The fourth-order valence-corrected chi connectivity index (χ4v) is 5.56. The molecule has 190 valence electrons. The Kier molecular flexibility index (Phi) is 8.53. The second-order valence-electron chi connectivity index (χ2n) is 9.84. The Morgan fingerprint density at radius 2 is 1.57 bits per heavy atom. The number of ether oxygens (including phenoxy) is 2. The second-order valence-corrected chi connectivity index (χ2v) is 9.84. The Morgan fingerprint density at radius 1 is 0.886 bits per heavy atom. The lowest BCUT2D eigenvalue weighted by Crippen LogP contribution is -2.33. The molecular formula is C29H34F4O2. The summed E-state index contributed by atoms with van der Waals surface area (Å²) in [4.78, 5) is 0. The Labute approximate surface area is 205 Å². The van der Waals surface area contributed by atoms with Gasteiger partial charge in [-0.2, -0.15) is 4.39 Å². The van der Waals surface area contributed by atoms with Crippen molar-refractivity contribution >= 4 is 0 Å². The monoisotopic (exact) mass is 490 g/mol. The largest absolute Gasteiger partial charge is 0.491 e. The van der Waals surface area contributed by atoms with Crippen LogP contribution in [0, 0.1) is 41.0 Å². The van der Waals surface area contributed by atoms with Gasteiger partial charge in [-0.25, -0.2) is 13.2 Å². The Bertz CT molecular complexity index is 1020. The van der Waals surface area contributed by atoms with Crippen molar-refractivity contribution in [3.63, 3.8) is 0 Å². The third-order valence-electron chi connectivity index (χ3n) is 7.72. The smallest absolute Gasteiger partial charge is 0.201 e. The summed E-state index contributed by atoms with van der Waals surface area (Å²) < 4.78 is 69.6. The molecule has 1 aliphatic carbocycles. The van der Waals surface area contributed by atoms with Crippen LogP contribution in [0.2, 0.25) is 0 Å². The minimum atomic E-state index is -1.25. The number of halogens is 4. The lowest BCUT2D eigenvalue weighted by atomic mass is 9.75. The van der Waals surface area contributed by atoms with Gasteiger partial charge in [0, 0.05) is 17.0 Å². The molecule has 0 radical (unpaired) electrons. The highest BCUT2D eigenvalue weighted by molar-refractivity contribution is 5.66. The molecule has 1 aliphatic heterocycles. The number of hydrogen-bond donors (Lipinski definition) is 0. The van der Waals surface area contributed by atoms with Crippen molar-refractivity contribution in [1.82, 2.24) is 0 Å². The van der Waals surface area contributed by atoms with E-state index in [1.54, 1.807) is 6.92 Å². The summed E-state index contributed by atoms with van der Waals surface area (Å²) in [7, 11) is 0. The van der Waals surface area contributed by atoms with Crippen molar-refractivity contribution in [3.05, 3.63) is 65.8 Å². The molecule has 0 spiro atoms. The van der Waals surface area contributed by atoms with E-state index in [0.29, 0.717) is 30.3 Å². The Balaban J connectivity index is 1.35. The fraction of sp³-hybridized carbons (Fsp3) is 0.517. The van der Waals surface area contributed by atoms with Gasteiger partial charge >= 0.3 is 0 Å². The van der Waals surface area contributed by atoms with Crippen LogP contribution in [0.3, 0.4) is 0 Å². The zero-order valence-corrected chi connectivity index (χ0v) is 20.3. The highest BCUT2D eigenvalue weighted by atomic mass is 19.2. The van der Waals surface area contributed by atoms with Gasteiger partial charge in [0.1, 0.15) is 0 Å². The van der Waals surface area contributed by atoms with Crippen molar-refractivity contribution in [2.45, 2.75) is 64.4 Å². The van der Waals surface area contributed by atoms with E-state index in [1.807, 2.05) is 6.08 Å². The molecule has 2 unspecified atom stereocenters. The SMILES string of the molecule is C=CC1CCC(C2CCC(CCc3ccc(-c4ccc(OCC)c(F)c4F)c(F)c3F)CC2)OC1. The second kappa shape index (κ2) is 11.6. The predicted octanol–water partition coefficient (Wildman–Crippen LogP) is 8.03. The van der Waals surface area contributed by atoms with E-state index in [4.69, 9.17) is 9.47 Å². The maximum absolute atomic E-state index is 14.9. The molecule has 0 N–H and O–H groups in total. The van der Waals surface area contributed by atoms with Crippen LogP contribution in [-0.4, -0.2) is 19.3 Å². The van der Waals surface area contributed by atoms with Crippen LogP contribution in [0.1, 0.15) is 57.4 Å². The van der Waals surface area contributed by atoms with Crippen LogP contribution in [-0.2, 0) is 11.2 Å². The summed E-state index contributed by atoms with van der Waals surface area (Å²) in [5.41, 5.74) is -0.347. The molecule has 0 aromatic heterocycles. The fourth-order valence-electron chi connectivity index (χ4n) is 5.56. The van der Waals surface area contributed by atoms with Crippen LogP contribution >= 0.6 is 0 Å². The first-order valence-corrected chi connectivity index (χ1v) is 12.7. The average molecular weight is 491 g/mol. The Hall–Kier alpha value is -2.34. The van der Waals surface area contributed by atoms with E-state index in [0.717, 1.165) is 51.6 Å². The quantitative estimate of drug-likeness (QED) is 0.275. The third-order valence-corrected chi connectivity index (χ3v) is 7.72. The van der Waals surface area contributed by atoms with E-state index in [-0.39, 0.29) is 29.0 Å². The molecule has 2 atom stereocenters. The molecule has 6 heteroatoms. The topological polar surface area (TPSA) is 18.5 Å². The van der Waals surface area contributed by atoms with E-state index < -0.39 is 23.3 Å². The minimum Gasteiger partial charge on any atom is -0.491 e. The van der Waals surface area contributed by atoms with E-state index in [2.05, 4.69) is 6.58 Å². The predicted molar refractivity (Wildman–Crippen MR) is 129 cm³/mol. The lowest BCUT2D eigenvalue weighted by molar-refractivity contribution is -0.0492. The first-order chi connectivity index (χ1) is 16.9. The summed E-state index contributed by atoms with van der Waals surface area (Å²) in [6, 6.07) is 5.26. The normalized spacial score (nSPS) is 24.8. The summed E-state index contributed by atoms with van der Waals surface area (Å²) in [6.07, 6.45) is 10.1. The number of aryl methyl sites for hydroxylation is 1. The number of hydrogen-bond acceptors (Lipinski definition) is 2. The lowest BCUT2D eigenvalue weighted by Gasteiger charge is -2.37. The highest BCUT2D eigenvalue weighted by Gasteiger charge is 2.31. The first-order valence-electron chi connectivity index (χ1n) is 12.7. The van der Waals surface area contributed by atoms with Crippen molar-refractivity contribution < 1.29 is 27.0 Å². The van der Waals surface area contributed by atoms with E-state index in [1.165, 1.54) is 24.3 Å². The maximum Gasteiger partial charge on any atom is 0.201 e. The maximum atomic E-state index is 14.9. The van der Waals surface area contributed by atoms with Gasteiger partial charge in [0.05, 0.1) is 19.3 Å². The van der Waals surface area contributed by atoms with Crippen LogP contribution in [0.15, 0.2) is 36.9 Å². The van der Waals surface area contributed by atoms with Crippen molar-refractivity contribution in [3.8, 4) is 16.9 Å². The molecule has 0 bridgehead atoms. The van der Waals surface area contributed by atoms with Gasteiger partial charge < -0.3 is 9.47 Å². The molecule has 4 rings (SSSR count). The molecule has 2 fully saturated rings. The zero-order valence-electron chi connectivity index (χ0n) is 20.3. The van der Waals surface area contributed by atoms with Crippen LogP contribution in [0.25, 0.3) is 11.1 Å². The minimum absolute atomic E-state index is 0.166. The standard InChI is InChI=1S/C29H34F4O2/c1-3-18-8-15-24(35-17-18)20-9-5-19(6-10-20)7-11-21-12-13-22(27(31)26(21)30)23-14-16-25(34-4-2)29(33)28(23)32/h3,12-14,16,18-20,24H,1,4-11,15,17H2,2H3. The van der Waals surface area contributed by atoms with Gasteiger partial charge in [0.15, 0.2) is 23.2 Å². The first kappa shape index (κ1) is 25.7. The molecule has 0 amide bonds.